The molecule has 5 nitrogen and oxygen atoms in total. The summed E-state index contributed by atoms with van der Waals surface area (Å²) in [5, 5.41) is 1.95. The Labute approximate surface area is 130 Å². The number of nitrogens with zero attached hydrogens (tertiary/aromatic N) is 1. The van der Waals surface area contributed by atoms with Gasteiger partial charge in [-0.25, -0.2) is 0 Å². The van der Waals surface area contributed by atoms with Crippen LogP contribution in [0.1, 0.15) is 41.4 Å². The number of hydrogen-bond acceptors (Lipinski definition) is 5. The molecule has 22 heavy (non-hydrogen) atoms. The molecule has 6 heteroatoms. The van der Waals surface area contributed by atoms with Gasteiger partial charge in [0, 0.05) is 23.3 Å². The van der Waals surface area contributed by atoms with E-state index in [1.54, 1.807) is 18.3 Å². The molecule has 1 N–H and O–H groups in total. The fourth-order valence-electron chi connectivity index (χ4n) is 3.17. The molecule has 1 aliphatic heterocycles. The topological polar surface area (TPSA) is 72.0 Å². The van der Waals surface area contributed by atoms with Crippen molar-refractivity contribution >= 4 is 17.1 Å². The first-order valence-electron chi connectivity index (χ1n) is 7.23. The third-order valence-corrected chi connectivity index (χ3v) is 5.01. The number of aromatic amines is 1. The van der Waals surface area contributed by atoms with Crippen LogP contribution in [0.3, 0.4) is 0 Å². The van der Waals surface area contributed by atoms with Crippen molar-refractivity contribution in [3.8, 4) is 5.88 Å². The van der Waals surface area contributed by atoms with Gasteiger partial charge in [0.25, 0.3) is 5.56 Å². The Balaban J connectivity index is 2.01. The molecule has 1 atom stereocenters. The second-order valence-electron chi connectivity index (χ2n) is 5.53. The van der Waals surface area contributed by atoms with Crippen molar-refractivity contribution in [1.82, 2.24) is 9.97 Å². The Morgan fingerprint density at radius 3 is 3.00 bits per heavy atom. The number of carbonyl (C=O) groups is 1. The van der Waals surface area contributed by atoms with Gasteiger partial charge in [0.15, 0.2) is 5.78 Å². The quantitative estimate of drug-likeness (QED) is 0.878. The normalized spacial score (nSPS) is 20.4. The van der Waals surface area contributed by atoms with Gasteiger partial charge in [-0.2, -0.15) is 4.98 Å². The van der Waals surface area contributed by atoms with E-state index in [2.05, 4.69) is 9.97 Å². The van der Waals surface area contributed by atoms with Crippen molar-refractivity contribution < 1.29 is 9.53 Å². The van der Waals surface area contributed by atoms with E-state index in [9.17, 15) is 9.59 Å². The van der Waals surface area contributed by atoms with Gasteiger partial charge in [-0.15, -0.1) is 11.3 Å². The molecule has 0 amide bonds. The lowest BCUT2D eigenvalue weighted by molar-refractivity contribution is -0.116. The van der Waals surface area contributed by atoms with Crippen LogP contribution in [-0.2, 0) is 4.79 Å². The third kappa shape index (κ3) is 1.94. The van der Waals surface area contributed by atoms with Crippen LogP contribution in [0.25, 0.3) is 0 Å². The van der Waals surface area contributed by atoms with E-state index >= 15 is 0 Å². The minimum Gasteiger partial charge on any atom is -0.442 e. The number of allylic oxidation sites excluding steroid dienone is 2. The molecule has 0 radical (unpaired) electrons. The number of rotatable bonds is 1. The average Bonchev–Trinajstić information content (AvgIpc) is 2.99. The molecule has 2 aromatic rings. The number of ketones is 1. The van der Waals surface area contributed by atoms with Crippen molar-refractivity contribution in [3.63, 3.8) is 0 Å². The standard InChI is InChI=1S/C16H14N2O3S/c1-8-17-15(20)14-13(11-6-3-7-22-11)12-9(19)4-2-5-10(12)21-16(14)18-8/h3,6-7,13H,2,4-5H2,1H3,(H,17,18,20)/t13-/m1/s1. The molecule has 0 aromatic carbocycles. The smallest absolute Gasteiger partial charge is 0.258 e. The van der Waals surface area contributed by atoms with Gasteiger partial charge < -0.3 is 9.72 Å². The second-order valence-corrected chi connectivity index (χ2v) is 6.51. The van der Waals surface area contributed by atoms with E-state index in [1.807, 2.05) is 17.5 Å². The molecule has 0 spiro atoms. The first-order chi connectivity index (χ1) is 10.6. The number of nitrogens with one attached hydrogen (secondary N) is 1. The summed E-state index contributed by atoms with van der Waals surface area (Å²) >= 11 is 1.54. The van der Waals surface area contributed by atoms with Gasteiger partial charge in [0.1, 0.15) is 11.6 Å². The minimum atomic E-state index is -0.358. The number of thiophene rings is 1. The molecular weight excluding hydrogens is 300 g/mol. The van der Waals surface area contributed by atoms with Gasteiger partial charge in [-0.1, -0.05) is 6.07 Å². The Morgan fingerprint density at radius 1 is 1.36 bits per heavy atom. The summed E-state index contributed by atoms with van der Waals surface area (Å²) in [4.78, 5) is 33.0. The number of carbonyl (C=O) groups excluding carboxylic acids is 1. The van der Waals surface area contributed by atoms with Crippen LogP contribution in [0.5, 0.6) is 5.88 Å². The van der Waals surface area contributed by atoms with Crippen molar-refractivity contribution in [2.45, 2.75) is 32.1 Å². The van der Waals surface area contributed by atoms with Crippen LogP contribution in [-0.4, -0.2) is 15.8 Å². The number of H-pyrrole nitrogens is 1. The first kappa shape index (κ1) is 13.5. The van der Waals surface area contributed by atoms with E-state index < -0.39 is 0 Å². The molecule has 2 aromatic heterocycles. The minimum absolute atomic E-state index is 0.0743. The van der Waals surface area contributed by atoms with Gasteiger partial charge in [0.2, 0.25) is 5.88 Å². The summed E-state index contributed by atoms with van der Waals surface area (Å²) in [6.45, 7) is 1.72. The highest BCUT2D eigenvalue weighted by atomic mass is 32.1. The van der Waals surface area contributed by atoms with Crippen LogP contribution < -0.4 is 10.3 Å². The van der Waals surface area contributed by atoms with Gasteiger partial charge in [0.05, 0.1) is 11.5 Å². The molecule has 0 unspecified atom stereocenters. The number of Topliss-reactive ketones (excluding diaryl/α,β-unsaturated/α-hetero) is 1. The molecule has 0 fully saturated rings. The van der Waals surface area contributed by atoms with Crippen LogP contribution >= 0.6 is 11.3 Å². The fourth-order valence-corrected chi connectivity index (χ4v) is 4.01. The molecule has 0 bridgehead atoms. The number of aryl methyl sites for hydroxylation is 1. The summed E-state index contributed by atoms with van der Waals surface area (Å²) in [6, 6.07) is 3.88. The van der Waals surface area contributed by atoms with Crippen molar-refractivity contribution in [3.05, 3.63) is 55.5 Å². The molecule has 1 aliphatic carbocycles. The largest absolute Gasteiger partial charge is 0.442 e. The summed E-state index contributed by atoms with van der Waals surface area (Å²) in [5.41, 5.74) is 0.852. The van der Waals surface area contributed by atoms with E-state index in [4.69, 9.17) is 4.74 Å². The van der Waals surface area contributed by atoms with Crippen LogP contribution in [0.2, 0.25) is 0 Å². The van der Waals surface area contributed by atoms with Crippen LogP contribution in [0.15, 0.2) is 33.6 Å². The van der Waals surface area contributed by atoms with Crippen LogP contribution in [0.4, 0.5) is 0 Å². The second kappa shape index (κ2) is 4.91. The molecule has 4 rings (SSSR count). The zero-order valence-corrected chi connectivity index (χ0v) is 12.8. The fraction of sp³-hybridized carbons (Fsp3) is 0.312. The molecule has 0 saturated heterocycles. The maximum absolute atomic E-state index is 12.5. The molecule has 0 saturated carbocycles. The number of aromatic nitrogens is 2. The van der Waals surface area contributed by atoms with E-state index in [-0.39, 0.29) is 17.3 Å². The van der Waals surface area contributed by atoms with E-state index in [1.165, 1.54) is 0 Å². The summed E-state index contributed by atoms with van der Waals surface area (Å²) < 4.78 is 5.83. The third-order valence-electron chi connectivity index (χ3n) is 4.07. The van der Waals surface area contributed by atoms with Gasteiger partial charge in [-0.3, -0.25) is 9.59 Å². The van der Waals surface area contributed by atoms with Crippen molar-refractivity contribution in [2.24, 2.45) is 0 Å². The molecule has 112 valence electrons. The maximum Gasteiger partial charge on any atom is 0.258 e. The predicted octanol–water partition coefficient (Wildman–Crippen LogP) is 2.67. The number of fused-ring (bicyclic) bond motifs is 1. The monoisotopic (exact) mass is 314 g/mol. The SMILES string of the molecule is Cc1nc2c(c(=O)[nH]1)[C@H](c1cccs1)C1=C(CCCC1=O)O2. The lowest BCUT2D eigenvalue weighted by Crippen LogP contribution is -2.31. The molecule has 2 aliphatic rings. The maximum atomic E-state index is 12.5. The lowest BCUT2D eigenvalue weighted by atomic mass is 9.81. The number of hydrogen-bond donors (Lipinski definition) is 1. The Bertz CT molecular complexity index is 849. The summed E-state index contributed by atoms with van der Waals surface area (Å²) in [7, 11) is 0. The van der Waals surface area contributed by atoms with Crippen molar-refractivity contribution in [2.75, 3.05) is 0 Å². The van der Waals surface area contributed by atoms with Crippen molar-refractivity contribution in [1.29, 1.82) is 0 Å². The summed E-state index contributed by atoms with van der Waals surface area (Å²) in [5.74, 6) is 1.25. The highest BCUT2D eigenvalue weighted by Gasteiger charge is 2.39. The highest BCUT2D eigenvalue weighted by molar-refractivity contribution is 7.10. The highest BCUT2D eigenvalue weighted by Crippen LogP contribution is 2.45. The number of ether oxygens (including phenoxy) is 1. The van der Waals surface area contributed by atoms with E-state index in [0.717, 1.165) is 17.7 Å². The predicted molar refractivity (Wildman–Crippen MR) is 82.3 cm³/mol. The zero-order chi connectivity index (χ0) is 15.3. The van der Waals surface area contributed by atoms with Crippen LogP contribution in [0, 0.1) is 6.92 Å². The van der Waals surface area contributed by atoms with Gasteiger partial charge in [-0.05, 0) is 24.8 Å². The van der Waals surface area contributed by atoms with Gasteiger partial charge >= 0.3 is 0 Å². The molecule has 3 heterocycles. The zero-order valence-electron chi connectivity index (χ0n) is 12.0. The lowest BCUT2D eigenvalue weighted by Gasteiger charge is -2.30. The summed E-state index contributed by atoms with van der Waals surface area (Å²) in [6.07, 6.45) is 2.01. The Kier molecular flexibility index (Phi) is 3.00. The first-order valence-corrected chi connectivity index (χ1v) is 8.11. The Hall–Kier alpha value is -2.21. The molecular formula is C16H14N2O3S. The van der Waals surface area contributed by atoms with E-state index in [0.29, 0.717) is 35.0 Å². The average molecular weight is 314 g/mol. The Morgan fingerprint density at radius 2 is 2.23 bits per heavy atom.